The van der Waals surface area contributed by atoms with Crippen LogP contribution in [-0.2, 0) is 0 Å². The summed E-state index contributed by atoms with van der Waals surface area (Å²) in [5, 5.41) is 7.95. The molecule has 44 valence electrons. The maximum absolute atomic E-state index is 12.5. The van der Waals surface area contributed by atoms with Crippen LogP contribution < -0.4 is 0 Å². The molecular formula is C5H8FNSi. The number of nitriles is 1. The monoisotopic (exact) mass is 129 g/mol. The van der Waals surface area contributed by atoms with Crippen LogP contribution in [0.1, 0.15) is 0 Å². The second kappa shape index (κ2) is 2.63. The summed E-state index contributed by atoms with van der Waals surface area (Å²) in [7, 11) is -2.58. The van der Waals surface area contributed by atoms with Gasteiger partial charge >= 0.3 is 0 Å². The van der Waals surface area contributed by atoms with Crippen molar-refractivity contribution in [3.8, 4) is 6.07 Å². The van der Waals surface area contributed by atoms with Gasteiger partial charge in [-0.1, -0.05) is 5.70 Å². The molecule has 8 heavy (non-hydrogen) atoms. The van der Waals surface area contributed by atoms with Crippen molar-refractivity contribution in [2.24, 2.45) is 0 Å². The highest BCUT2D eigenvalue weighted by Gasteiger charge is 2.13. The lowest BCUT2D eigenvalue weighted by atomic mass is 10.7. The number of allylic oxidation sites excluding steroid dienone is 1. The van der Waals surface area contributed by atoms with Gasteiger partial charge in [0.15, 0.2) is 0 Å². The molecule has 0 aliphatic heterocycles. The molecule has 0 rings (SSSR count). The molecule has 0 aliphatic rings. The first-order valence-electron chi connectivity index (χ1n) is 2.32. The van der Waals surface area contributed by atoms with Gasteiger partial charge in [0.05, 0.1) is 6.07 Å². The zero-order chi connectivity index (χ0) is 6.62. The van der Waals surface area contributed by atoms with E-state index >= 15 is 0 Å². The molecule has 0 fully saturated rings. The molecule has 0 atom stereocenters. The van der Waals surface area contributed by atoms with E-state index in [0.29, 0.717) is 0 Å². The van der Waals surface area contributed by atoms with Gasteiger partial charge in [-0.15, -0.1) is 0 Å². The van der Waals surface area contributed by atoms with E-state index in [1.54, 1.807) is 6.07 Å². The van der Waals surface area contributed by atoms with Crippen molar-refractivity contribution in [1.82, 2.24) is 0 Å². The lowest BCUT2D eigenvalue weighted by Crippen LogP contribution is -2.13. The van der Waals surface area contributed by atoms with Gasteiger partial charge in [0, 0.05) is 6.08 Å². The van der Waals surface area contributed by atoms with E-state index in [1.165, 1.54) is 24.9 Å². The van der Waals surface area contributed by atoms with Gasteiger partial charge in [0.1, 0.15) is 0 Å². The maximum Gasteiger partial charge on any atom is 0.265 e. The summed E-state index contributed by atoms with van der Waals surface area (Å²) < 4.78 is 12.5. The molecule has 0 radical (unpaired) electrons. The predicted octanol–water partition coefficient (Wildman–Crippen LogP) is 1.78. The number of rotatable bonds is 1. The Labute approximate surface area is 49.6 Å². The molecule has 3 heteroatoms. The summed E-state index contributed by atoms with van der Waals surface area (Å²) in [6, 6.07) is 1.74. The molecular weight excluding hydrogens is 121 g/mol. The van der Waals surface area contributed by atoms with Crippen LogP contribution in [0.15, 0.2) is 11.8 Å². The Morgan fingerprint density at radius 3 is 2.25 bits per heavy atom. The van der Waals surface area contributed by atoms with E-state index in [2.05, 4.69) is 0 Å². The lowest BCUT2D eigenvalue weighted by Gasteiger charge is -1.98. The quantitative estimate of drug-likeness (QED) is 0.301. The van der Waals surface area contributed by atoms with Gasteiger partial charge in [-0.05, 0) is 13.1 Å². The summed E-state index contributed by atoms with van der Waals surface area (Å²) in [6.45, 7) is 3.06. The van der Waals surface area contributed by atoms with Gasteiger partial charge in [-0.25, -0.2) is 0 Å². The SMILES string of the molecule is C[Si](C)(F)C=CC#N. The zero-order valence-electron chi connectivity index (χ0n) is 4.98. The van der Waals surface area contributed by atoms with E-state index in [-0.39, 0.29) is 0 Å². The smallest absolute Gasteiger partial charge is 0.265 e. The van der Waals surface area contributed by atoms with Crippen LogP contribution >= 0.6 is 0 Å². The van der Waals surface area contributed by atoms with Gasteiger partial charge in [-0.2, -0.15) is 5.26 Å². The molecule has 0 spiro atoms. The van der Waals surface area contributed by atoms with Crippen LogP contribution in [-0.4, -0.2) is 8.41 Å². The maximum atomic E-state index is 12.5. The molecule has 0 amide bonds. The summed E-state index contributed by atoms with van der Waals surface area (Å²) in [5.74, 6) is 0. The molecule has 0 aromatic heterocycles. The normalized spacial score (nSPS) is 11.8. The van der Waals surface area contributed by atoms with Crippen LogP contribution in [0, 0.1) is 11.3 Å². The predicted molar refractivity (Wildman–Crippen MR) is 33.3 cm³/mol. The summed E-state index contributed by atoms with van der Waals surface area (Å²) in [5.41, 5.74) is 1.35. The highest BCUT2D eigenvalue weighted by atomic mass is 28.4. The molecule has 0 saturated heterocycles. The number of nitrogens with zero attached hydrogens (tertiary/aromatic N) is 1. The largest absolute Gasteiger partial charge is 0.309 e. The molecule has 0 saturated carbocycles. The van der Waals surface area contributed by atoms with Gasteiger partial charge in [0.2, 0.25) is 0 Å². The highest BCUT2D eigenvalue weighted by Crippen LogP contribution is 2.02. The summed E-state index contributed by atoms with van der Waals surface area (Å²) >= 11 is 0. The topological polar surface area (TPSA) is 23.8 Å². The van der Waals surface area contributed by atoms with Crippen molar-refractivity contribution in [3.63, 3.8) is 0 Å². The fourth-order valence-corrected chi connectivity index (χ4v) is 0.706. The van der Waals surface area contributed by atoms with Crippen molar-refractivity contribution in [1.29, 1.82) is 5.26 Å². The first-order chi connectivity index (χ1) is 3.56. The van der Waals surface area contributed by atoms with E-state index in [9.17, 15) is 4.11 Å². The van der Waals surface area contributed by atoms with Gasteiger partial charge in [0.25, 0.3) is 8.41 Å². The van der Waals surface area contributed by atoms with Crippen LogP contribution in [0.3, 0.4) is 0 Å². The molecule has 0 bridgehead atoms. The first kappa shape index (κ1) is 7.38. The van der Waals surface area contributed by atoms with Crippen LogP contribution in [0.5, 0.6) is 0 Å². The Hall–Kier alpha value is -0.623. The van der Waals surface area contributed by atoms with Crippen LogP contribution in [0.2, 0.25) is 13.1 Å². The fraction of sp³-hybridized carbons (Fsp3) is 0.400. The minimum Gasteiger partial charge on any atom is -0.309 e. The van der Waals surface area contributed by atoms with Crippen molar-refractivity contribution >= 4 is 8.41 Å². The lowest BCUT2D eigenvalue weighted by molar-refractivity contribution is 0.820. The second-order valence-electron chi connectivity index (χ2n) is 2.03. The minimum atomic E-state index is -2.58. The van der Waals surface area contributed by atoms with Crippen LogP contribution in [0.25, 0.3) is 0 Å². The first-order valence-corrected chi connectivity index (χ1v) is 5.28. The highest BCUT2D eigenvalue weighted by molar-refractivity contribution is 6.75. The average Bonchev–Trinajstić information content (AvgIpc) is 1.59. The van der Waals surface area contributed by atoms with E-state index in [4.69, 9.17) is 5.26 Å². The van der Waals surface area contributed by atoms with Crippen LogP contribution in [0.4, 0.5) is 4.11 Å². The number of halogens is 1. The van der Waals surface area contributed by atoms with Gasteiger partial charge < -0.3 is 4.11 Å². The molecule has 1 nitrogen and oxygen atoms in total. The molecule has 0 unspecified atom stereocenters. The Bertz CT molecular complexity index is 128. The van der Waals surface area contributed by atoms with Crippen molar-refractivity contribution in [2.45, 2.75) is 13.1 Å². The summed E-state index contributed by atoms with van der Waals surface area (Å²) in [6.07, 6.45) is 1.20. The number of hydrogen-bond donors (Lipinski definition) is 0. The Kier molecular flexibility index (Phi) is 2.42. The average molecular weight is 129 g/mol. The van der Waals surface area contributed by atoms with E-state index < -0.39 is 8.41 Å². The molecule has 0 N–H and O–H groups in total. The molecule has 0 aromatic rings. The van der Waals surface area contributed by atoms with E-state index in [0.717, 1.165) is 0 Å². The fourth-order valence-electron chi connectivity index (χ4n) is 0.235. The van der Waals surface area contributed by atoms with Gasteiger partial charge in [-0.3, -0.25) is 0 Å². The van der Waals surface area contributed by atoms with Crippen molar-refractivity contribution in [3.05, 3.63) is 11.8 Å². The molecule has 0 aromatic carbocycles. The Balaban J connectivity index is 3.75. The standard InChI is InChI=1S/C5H8FNSi/c1-8(2,6)5-3-4-7/h3,5H,1-2H3. The van der Waals surface area contributed by atoms with Crippen molar-refractivity contribution < 1.29 is 4.11 Å². The van der Waals surface area contributed by atoms with E-state index in [1.807, 2.05) is 0 Å². The Morgan fingerprint density at radius 2 is 2.12 bits per heavy atom. The second-order valence-corrected chi connectivity index (χ2v) is 5.49. The van der Waals surface area contributed by atoms with Crippen molar-refractivity contribution in [2.75, 3.05) is 0 Å². The molecule has 0 heterocycles. The minimum absolute atomic E-state index is 1.20. The Morgan fingerprint density at radius 1 is 1.62 bits per heavy atom. The summed E-state index contributed by atoms with van der Waals surface area (Å²) in [4.78, 5) is 0. The zero-order valence-corrected chi connectivity index (χ0v) is 5.98. The third-order valence-corrected chi connectivity index (χ3v) is 1.51. The number of hydrogen-bond acceptors (Lipinski definition) is 1. The third kappa shape index (κ3) is 5.38. The molecule has 0 aliphatic carbocycles. The third-order valence-electron chi connectivity index (χ3n) is 0.554.